The van der Waals surface area contributed by atoms with Gasteiger partial charge >= 0.3 is 6.09 Å². The van der Waals surface area contributed by atoms with E-state index in [-0.39, 0.29) is 12.4 Å². The van der Waals surface area contributed by atoms with Crippen LogP contribution in [-0.2, 0) is 6.54 Å². The molecule has 2 aromatic carbocycles. The van der Waals surface area contributed by atoms with E-state index in [1.807, 2.05) is 12.1 Å². The van der Waals surface area contributed by atoms with Crippen LogP contribution in [0.25, 0.3) is 21.3 Å². The van der Waals surface area contributed by atoms with E-state index in [9.17, 15) is 9.18 Å². The van der Waals surface area contributed by atoms with Gasteiger partial charge in [-0.3, -0.25) is 0 Å². The number of nitrogens with zero attached hydrogens (tertiary/aromatic N) is 1. The van der Waals surface area contributed by atoms with Gasteiger partial charge in [-0.1, -0.05) is 28.1 Å². The van der Waals surface area contributed by atoms with Gasteiger partial charge in [0.15, 0.2) is 0 Å². The zero-order chi connectivity index (χ0) is 15.7. The highest BCUT2D eigenvalue weighted by atomic mass is 79.9. The molecule has 7 heteroatoms. The quantitative estimate of drug-likeness (QED) is 0.695. The third-order valence-corrected chi connectivity index (χ3v) is 4.61. The maximum absolute atomic E-state index is 13.1. The number of carbonyl (C=O) groups is 1. The number of aromatic nitrogens is 1. The minimum atomic E-state index is -1.08. The fourth-order valence-electron chi connectivity index (χ4n) is 2.12. The van der Waals surface area contributed by atoms with Gasteiger partial charge in [0, 0.05) is 10.0 Å². The van der Waals surface area contributed by atoms with Crippen molar-refractivity contribution in [2.24, 2.45) is 0 Å². The van der Waals surface area contributed by atoms with Crippen LogP contribution in [0.4, 0.5) is 9.18 Å². The van der Waals surface area contributed by atoms with E-state index in [2.05, 4.69) is 26.2 Å². The van der Waals surface area contributed by atoms with Gasteiger partial charge in [0.25, 0.3) is 0 Å². The Labute approximate surface area is 137 Å². The lowest BCUT2D eigenvalue weighted by Gasteiger charge is -2.04. The molecule has 0 spiro atoms. The van der Waals surface area contributed by atoms with Gasteiger partial charge < -0.3 is 10.4 Å². The molecule has 22 heavy (non-hydrogen) atoms. The molecule has 3 rings (SSSR count). The molecule has 0 bridgehead atoms. The number of benzene rings is 2. The van der Waals surface area contributed by atoms with E-state index >= 15 is 0 Å². The summed E-state index contributed by atoms with van der Waals surface area (Å²) in [5.41, 5.74) is 2.60. The number of thiazole rings is 1. The second-order valence-corrected chi connectivity index (χ2v) is 6.57. The summed E-state index contributed by atoms with van der Waals surface area (Å²) in [5.74, 6) is -0.286. The third kappa shape index (κ3) is 3.10. The molecule has 0 aliphatic carbocycles. The monoisotopic (exact) mass is 380 g/mol. The number of hydrogen-bond acceptors (Lipinski definition) is 3. The molecular formula is C15H10BrFN2O2S. The Bertz CT molecular complexity index is 849. The second kappa shape index (κ2) is 6.02. The van der Waals surface area contributed by atoms with Crippen molar-refractivity contribution in [1.29, 1.82) is 0 Å². The van der Waals surface area contributed by atoms with Crippen molar-refractivity contribution in [1.82, 2.24) is 10.3 Å². The van der Waals surface area contributed by atoms with Crippen LogP contribution in [0, 0.1) is 5.82 Å². The molecule has 0 aliphatic rings. The van der Waals surface area contributed by atoms with E-state index in [1.165, 1.54) is 23.5 Å². The van der Waals surface area contributed by atoms with Crippen LogP contribution in [-0.4, -0.2) is 16.2 Å². The summed E-state index contributed by atoms with van der Waals surface area (Å²) in [6.45, 7) is 0.162. The molecule has 3 aromatic rings. The van der Waals surface area contributed by atoms with Crippen LogP contribution in [0.1, 0.15) is 5.01 Å². The van der Waals surface area contributed by atoms with Crippen LogP contribution in [0.15, 0.2) is 40.9 Å². The molecule has 112 valence electrons. The number of nitrogens with one attached hydrogen (secondary N) is 1. The van der Waals surface area contributed by atoms with E-state index in [1.54, 1.807) is 12.1 Å². The lowest BCUT2D eigenvalue weighted by atomic mass is 10.1. The van der Waals surface area contributed by atoms with Crippen LogP contribution >= 0.6 is 27.3 Å². The Morgan fingerprint density at radius 2 is 2.05 bits per heavy atom. The standard InChI is InChI=1S/C15H10BrFN2O2S/c16-9-5-11(8-1-3-10(17)4-2-8)14-12(6-9)19-13(22-14)7-18-15(20)21/h1-6,18H,7H2,(H,20,21). The lowest BCUT2D eigenvalue weighted by Crippen LogP contribution is -2.19. The average molecular weight is 381 g/mol. The first-order valence-corrected chi connectivity index (χ1v) is 7.95. The molecule has 1 amide bonds. The lowest BCUT2D eigenvalue weighted by molar-refractivity contribution is 0.194. The first kappa shape index (κ1) is 14.9. The van der Waals surface area contributed by atoms with Crippen LogP contribution < -0.4 is 5.32 Å². The minimum Gasteiger partial charge on any atom is -0.465 e. The zero-order valence-electron chi connectivity index (χ0n) is 11.1. The molecule has 0 aliphatic heterocycles. The molecule has 1 aromatic heterocycles. The van der Waals surface area contributed by atoms with Crippen molar-refractivity contribution in [3.8, 4) is 11.1 Å². The van der Waals surface area contributed by atoms with Crippen LogP contribution in [0.2, 0.25) is 0 Å². The first-order valence-electron chi connectivity index (χ1n) is 6.34. The highest BCUT2D eigenvalue weighted by Gasteiger charge is 2.12. The normalized spacial score (nSPS) is 10.8. The number of amides is 1. The molecule has 0 fully saturated rings. The van der Waals surface area contributed by atoms with Gasteiger partial charge in [0.1, 0.15) is 10.8 Å². The molecule has 1 heterocycles. The van der Waals surface area contributed by atoms with Crippen LogP contribution in [0.5, 0.6) is 0 Å². The number of hydrogen-bond donors (Lipinski definition) is 2. The van der Waals surface area contributed by atoms with Crippen LogP contribution in [0.3, 0.4) is 0 Å². The summed E-state index contributed by atoms with van der Waals surface area (Å²) < 4.78 is 14.9. The molecule has 2 N–H and O–H groups in total. The first-order chi connectivity index (χ1) is 10.5. The fourth-order valence-corrected chi connectivity index (χ4v) is 3.58. The third-order valence-electron chi connectivity index (χ3n) is 3.05. The number of halogens is 2. The Morgan fingerprint density at radius 1 is 1.32 bits per heavy atom. The molecule has 0 saturated heterocycles. The molecule has 0 unspecified atom stereocenters. The molecule has 4 nitrogen and oxygen atoms in total. The molecule has 0 radical (unpaired) electrons. The average Bonchev–Trinajstić information content (AvgIpc) is 2.88. The van der Waals surface area contributed by atoms with Gasteiger partial charge in [-0.15, -0.1) is 11.3 Å². The summed E-state index contributed by atoms with van der Waals surface area (Å²) >= 11 is 4.87. The number of fused-ring (bicyclic) bond motifs is 1. The minimum absolute atomic E-state index is 0.162. The van der Waals surface area contributed by atoms with Crippen molar-refractivity contribution < 1.29 is 14.3 Å². The molecular weight excluding hydrogens is 371 g/mol. The topological polar surface area (TPSA) is 62.2 Å². The predicted octanol–water partition coefficient (Wildman–Crippen LogP) is 4.63. The summed E-state index contributed by atoms with van der Waals surface area (Å²) in [5, 5.41) is 11.7. The van der Waals surface area contributed by atoms with E-state index in [4.69, 9.17) is 5.11 Å². The van der Waals surface area contributed by atoms with E-state index in [0.29, 0.717) is 5.01 Å². The maximum Gasteiger partial charge on any atom is 0.405 e. The van der Waals surface area contributed by atoms with Gasteiger partial charge in [-0.2, -0.15) is 0 Å². The predicted molar refractivity (Wildman–Crippen MR) is 87.6 cm³/mol. The Balaban J connectivity index is 2.08. The van der Waals surface area contributed by atoms with Crippen molar-refractivity contribution in [3.63, 3.8) is 0 Å². The summed E-state index contributed by atoms with van der Waals surface area (Å²) in [4.78, 5) is 15.0. The van der Waals surface area contributed by atoms with Crippen molar-refractivity contribution in [2.45, 2.75) is 6.54 Å². The highest BCUT2D eigenvalue weighted by molar-refractivity contribution is 9.10. The van der Waals surface area contributed by atoms with Crippen molar-refractivity contribution in [2.75, 3.05) is 0 Å². The Morgan fingerprint density at radius 3 is 2.73 bits per heavy atom. The summed E-state index contributed by atoms with van der Waals surface area (Å²) in [6.07, 6.45) is -1.08. The summed E-state index contributed by atoms with van der Waals surface area (Å²) in [6, 6.07) is 10.1. The van der Waals surface area contributed by atoms with Gasteiger partial charge in [0.2, 0.25) is 0 Å². The highest BCUT2D eigenvalue weighted by Crippen LogP contribution is 2.35. The zero-order valence-corrected chi connectivity index (χ0v) is 13.5. The van der Waals surface area contributed by atoms with E-state index < -0.39 is 6.09 Å². The SMILES string of the molecule is O=C(O)NCc1nc2cc(Br)cc(-c3ccc(F)cc3)c2s1. The fraction of sp³-hybridized carbons (Fsp3) is 0.0667. The van der Waals surface area contributed by atoms with Crippen molar-refractivity contribution in [3.05, 3.63) is 51.7 Å². The Hall–Kier alpha value is -1.99. The van der Waals surface area contributed by atoms with Crippen molar-refractivity contribution >= 4 is 43.6 Å². The summed E-state index contributed by atoms with van der Waals surface area (Å²) in [7, 11) is 0. The molecule has 0 saturated carbocycles. The second-order valence-electron chi connectivity index (χ2n) is 4.57. The maximum atomic E-state index is 13.1. The number of rotatable bonds is 3. The van der Waals surface area contributed by atoms with E-state index in [0.717, 1.165) is 25.8 Å². The Kier molecular flexibility index (Phi) is 4.08. The smallest absolute Gasteiger partial charge is 0.405 e. The van der Waals surface area contributed by atoms with Gasteiger partial charge in [-0.05, 0) is 29.8 Å². The molecule has 0 atom stereocenters. The largest absolute Gasteiger partial charge is 0.465 e. The van der Waals surface area contributed by atoms with Gasteiger partial charge in [-0.25, -0.2) is 14.2 Å². The van der Waals surface area contributed by atoms with Gasteiger partial charge in [0.05, 0.1) is 16.8 Å². The number of carboxylic acid groups (broad SMARTS) is 1.